The van der Waals surface area contributed by atoms with E-state index < -0.39 is 18.5 Å². The third kappa shape index (κ3) is 6.32. The number of carbonyl (C=O) groups excluding carboxylic acids is 2. The predicted octanol–water partition coefficient (Wildman–Crippen LogP) is 3.95. The van der Waals surface area contributed by atoms with Crippen molar-refractivity contribution in [2.45, 2.75) is 13.3 Å². The maximum Gasteiger partial charge on any atom is 0.344 e. The molecule has 0 bridgehead atoms. The number of halogens is 1. The van der Waals surface area contributed by atoms with Gasteiger partial charge in [-0.25, -0.2) is 4.79 Å². The number of ether oxygens (including phenoxy) is 3. The Kier molecular flexibility index (Phi) is 7.89. The normalized spacial score (nSPS) is 10.1. The molecule has 148 valence electrons. The molecule has 0 aliphatic heterocycles. The number of allylic oxidation sites excluding steroid dienone is 1. The molecule has 0 saturated heterocycles. The number of amides is 1. The lowest BCUT2D eigenvalue weighted by atomic mass is 10.1. The van der Waals surface area contributed by atoms with E-state index in [4.69, 9.17) is 25.8 Å². The van der Waals surface area contributed by atoms with E-state index in [9.17, 15) is 9.59 Å². The van der Waals surface area contributed by atoms with Gasteiger partial charge in [-0.15, -0.1) is 6.58 Å². The second kappa shape index (κ2) is 10.4. The fourth-order valence-electron chi connectivity index (χ4n) is 2.36. The summed E-state index contributed by atoms with van der Waals surface area (Å²) in [6.07, 6.45) is 2.47. The van der Waals surface area contributed by atoms with Crippen LogP contribution in [0.25, 0.3) is 0 Å². The van der Waals surface area contributed by atoms with Gasteiger partial charge in [-0.1, -0.05) is 29.8 Å². The Balaban J connectivity index is 1.82. The van der Waals surface area contributed by atoms with E-state index in [0.29, 0.717) is 28.6 Å². The highest BCUT2D eigenvalue weighted by Crippen LogP contribution is 2.28. The van der Waals surface area contributed by atoms with Crippen molar-refractivity contribution in [1.82, 2.24) is 0 Å². The van der Waals surface area contributed by atoms with Gasteiger partial charge in [0.1, 0.15) is 0 Å². The van der Waals surface area contributed by atoms with Gasteiger partial charge in [0.25, 0.3) is 5.91 Å². The van der Waals surface area contributed by atoms with Crippen molar-refractivity contribution in [3.63, 3.8) is 0 Å². The highest BCUT2D eigenvalue weighted by atomic mass is 35.5. The van der Waals surface area contributed by atoms with Gasteiger partial charge in [-0.05, 0) is 48.7 Å². The summed E-state index contributed by atoms with van der Waals surface area (Å²) in [6, 6.07) is 10.6. The molecule has 0 aromatic heterocycles. The fourth-order valence-corrected chi connectivity index (χ4v) is 2.64. The fraction of sp³-hybridized carbons (Fsp3) is 0.238. The van der Waals surface area contributed by atoms with Gasteiger partial charge in [0.15, 0.2) is 24.7 Å². The maximum absolute atomic E-state index is 11.9. The van der Waals surface area contributed by atoms with Crippen molar-refractivity contribution in [2.75, 3.05) is 25.6 Å². The van der Waals surface area contributed by atoms with Gasteiger partial charge in [0.2, 0.25) is 0 Å². The monoisotopic (exact) mass is 403 g/mol. The van der Waals surface area contributed by atoms with E-state index >= 15 is 0 Å². The van der Waals surface area contributed by atoms with Crippen LogP contribution in [0.4, 0.5) is 5.69 Å². The zero-order valence-corrected chi connectivity index (χ0v) is 16.5. The molecule has 0 spiro atoms. The molecule has 1 N–H and O–H groups in total. The van der Waals surface area contributed by atoms with Crippen molar-refractivity contribution in [3.05, 3.63) is 65.2 Å². The van der Waals surface area contributed by atoms with Crippen LogP contribution in [-0.2, 0) is 20.7 Å². The first-order valence-corrected chi connectivity index (χ1v) is 8.93. The Morgan fingerprint density at radius 3 is 2.61 bits per heavy atom. The van der Waals surface area contributed by atoms with Gasteiger partial charge >= 0.3 is 5.97 Å². The highest BCUT2D eigenvalue weighted by molar-refractivity contribution is 6.33. The first kappa shape index (κ1) is 21.3. The summed E-state index contributed by atoms with van der Waals surface area (Å²) < 4.78 is 15.6. The smallest absolute Gasteiger partial charge is 0.344 e. The highest BCUT2D eigenvalue weighted by Gasteiger charge is 2.12. The average molecular weight is 404 g/mol. The third-order valence-electron chi connectivity index (χ3n) is 3.72. The molecule has 0 saturated carbocycles. The molecule has 2 rings (SSSR count). The van der Waals surface area contributed by atoms with Gasteiger partial charge in [0, 0.05) is 0 Å². The number of hydrogen-bond donors (Lipinski definition) is 1. The summed E-state index contributed by atoms with van der Waals surface area (Å²) >= 11 is 6.05. The van der Waals surface area contributed by atoms with Gasteiger partial charge in [-0.2, -0.15) is 0 Å². The number of methoxy groups -OCH3 is 1. The summed E-state index contributed by atoms with van der Waals surface area (Å²) in [7, 11) is 1.51. The minimum atomic E-state index is -0.678. The molecule has 0 aliphatic carbocycles. The number of carbonyl (C=O) groups is 2. The standard InChI is InChI=1S/C21H22ClNO5/c1-4-5-15-7-9-18(19(11-15)26-3)27-13-21(25)28-12-20(24)23-17-8-6-14(2)10-16(17)22/h4,6-11H,1,5,12-13H2,2-3H3,(H,23,24). The number of anilines is 1. The molecule has 0 fully saturated rings. The lowest BCUT2D eigenvalue weighted by molar-refractivity contribution is -0.149. The predicted molar refractivity (Wildman–Crippen MR) is 108 cm³/mol. The molecule has 28 heavy (non-hydrogen) atoms. The van der Waals surface area contributed by atoms with Crippen LogP contribution in [0.3, 0.4) is 0 Å². The van der Waals surface area contributed by atoms with Crippen LogP contribution >= 0.6 is 11.6 Å². The van der Waals surface area contributed by atoms with Crippen molar-refractivity contribution >= 4 is 29.2 Å². The molecule has 2 aromatic rings. The molecule has 0 radical (unpaired) electrons. The van der Waals surface area contributed by atoms with Crippen LogP contribution in [-0.4, -0.2) is 32.2 Å². The summed E-state index contributed by atoms with van der Waals surface area (Å²) in [4.78, 5) is 23.8. The van der Waals surface area contributed by atoms with E-state index in [0.717, 1.165) is 11.1 Å². The van der Waals surface area contributed by atoms with Crippen molar-refractivity contribution in [1.29, 1.82) is 0 Å². The number of hydrogen-bond acceptors (Lipinski definition) is 5. The minimum absolute atomic E-state index is 0.351. The molecular weight excluding hydrogens is 382 g/mol. The number of rotatable bonds is 9. The van der Waals surface area contributed by atoms with Gasteiger partial charge in [-0.3, -0.25) is 4.79 Å². The van der Waals surface area contributed by atoms with Crippen molar-refractivity contribution < 1.29 is 23.8 Å². The first-order chi connectivity index (χ1) is 13.4. The van der Waals surface area contributed by atoms with Crippen LogP contribution in [0.1, 0.15) is 11.1 Å². The van der Waals surface area contributed by atoms with Crippen LogP contribution in [0.2, 0.25) is 5.02 Å². The molecular formula is C21H22ClNO5. The second-order valence-electron chi connectivity index (χ2n) is 5.96. The molecule has 0 aliphatic rings. The van der Waals surface area contributed by atoms with E-state index in [1.807, 2.05) is 19.1 Å². The zero-order chi connectivity index (χ0) is 20.5. The lowest BCUT2D eigenvalue weighted by Crippen LogP contribution is -2.23. The van der Waals surface area contributed by atoms with Crippen molar-refractivity contribution in [2.24, 2.45) is 0 Å². The number of benzene rings is 2. The third-order valence-corrected chi connectivity index (χ3v) is 4.03. The maximum atomic E-state index is 11.9. The topological polar surface area (TPSA) is 73.9 Å². The van der Waals surface area contributed by atoms with Crippen LogP contribution in [0.15, 0.2) is 49.1 Å². The average Bonchev–Trinajstić information content (AvgIpc) is 2.67. The molecule has 7 heteroatoms. The lowest BCUT2D eigenvalue weighted by Gasteiger charge is -2.12. The van der Waals surface area contributed by atoms with E-state index in [1.165, 1.54) is 7.11 Å². The molecule has 6 nitrogen and oxygen atoms in total. The molecule has 1 amide bonds. The second-order valence-corrected chi connectivity index (χ2v) is 6.37. The molecule has 2 aromatic carbocycles. The number of esters is 1. The first-order valence-electron chi connectivity index (χ1n) is 8.55. The Bertz CT molecular complexity index is 866. The Morgan fingerprint density at radius 1 is 1.14 bits per heavy atom. The summed E-state index contributed by atoms with van der Waals surface area (Å²) in [6.45, 7) is 4.79. The van der Waals surface area contributed by atoms with E-state index in [2.05, 4.69) is 11.9 Å². The van der Waals surface area contributed by atoms with Crippen LogP contribution < -0.4 is 14.8 Å². The van der Waals surface area contributed by atoms with E-state index in [1.54, 1.807) is 30.3 Å². The van der Waals surface area contributed by atoms with Crippen LogP contribution in [0, 0.1) is 6.92 Å². The van der Waals surface area contributed by atoms with E-state index in [-0.39, 0.29) is 6.61 Å². The van der Waals surface area contributed by atoms with Gasteiger partial charge in [0.05, 0.1) is 17.8 Å². The Morgan fingerprint density at radius 2 is 1.93 bits per heavy atom. The van der Waals surface area contributed by atoms with Crippen LogP contribution in [0.5, 0.6) is 11.5 Å². The van der Waals surface area contributed by atoms with Gasteiger partial charge < -0.3 is 19.5 Å². The summed E-state index contributed by atoms with van der Waals surface area (Å²) in [5.41, 5.74) is 2.43. The Labute approximate surface area is 169 Å². The number of nitrogens with one attached hydrogen (secondary N) is 1. The largest absolute Gasteiger partial charge is 0.493 e. The molecule has 0 atom stereocenters. The summed E-state index contributed by atoms with van der Waals surface area (Å²) in [5.74, 6) is -0.269. The molecule has 0 heterocycles. The summed E-state index contributed by atoms with van der Waals surface area (Å²) in [5, 5.41) is 3.00. The zero-order valence-electron chi connectivity index (χ0n) is 15.8. The Hall–Kier alpha value is -2.99. The SMILES string of the molecule is C=CCc1ccc(OCC(=O)OCC(=O)Nc2ccc(C)cc2Cl)c(OC)c1. The number of aryl methyl sites for hydroxylation is 1. The minimum Gasteiger partial charge on any atom is -0.493 e. The quantitative estimate of drug-likeness (QED) is 0.507. The van der Waals surface area contributed by atoms with Crippen molar-refractivity contribution in [3.8, 4) is 11.5 Å². The molecule has 0 unspecified atom stereocenters.